The number of carbonyl (C=O) groups is 2. The number of hydrogen-bond donors (Lipinski definition) is 0. The zero-order chi connectivity index (χ0) is 15.4. The molecule has 0 radical (unpaired) electrons. The maximum Gasteiger partial charge on any atom is 0.266 e. The average Bonchev–Trinajstić information content (AvgIpc) is 2.67. The molecule has 0 unspecified atom stereocenters. The van der Waals surface area contributed by atoms with Crippen molar-refractivity contribution in [3.8, 4) is 0 Å². The van der Waals surface area contributed by atoms with Gasteiger partial charge >= 0.3 is 0 Å². The van der Waals surface area contributed by atoms with E-state index in [1.54, 1.807) is 6.08 Å². The number of carbonyl (C=O) groups excluding carboxylic acids is 2. The summed E-state index contributed by atoms with van der Waals surface area (Å²) in [7, 11) is 0. The molecule has 1 aromatic carbocycles. The highest BCUT2D eigenvalue weighted by atomic mass is 32.2. The van der Waals surface area contributed by atoms with Crippen molar-refractivity contribution < 1.29 is 14.7 Å². The fourth-order valence-corrected chi connectivity index (χ4v) is 3.13. The van der Waals surface area contributed by atoms with Crippen molar-refractivity contribution in [2.45, 2.75) is 6.92 Å². The molecule has 0 aromatic heterocycles. The molecular weight excluding hydrogens is 306 g/mol. The lowest BCUT2D eigenvalue weighted by Crippen LogP contribution is -2.40. The Bertz CT molecular complexity index is 650. The Balaban J connectivity index is 2.18. The smallest absolute Gasteiger partial charge is 0.266 e. The minimum atomic E-state index is -1.33. The second-order valence-electron chi connectivity index (χ2n) is 4.44. The normalized spacial score (nSPS) is 17.7. The van der Waals surface area contributed by atoms with Crippen LogP contribution in [0.3, 0.4) is 0 Å². The Labute approximate surface area is 132 Å². The third-order valence-electron chi connectivity index (χ3n) is 2.71. The highest BCUT2D eigenvalue weighted by molar-refractivity contribution is 8.26. The molecule has 1 fully saturated rings. The Morgan fingerprint density at radius 3 is 2.67 bits per heavy atom. The Kier molecular flexibility index (Phi) is 4.93. The number of amides is 1. The van der Waals surface area contributed by atoms with Gasteiger partial charge in [0.1, 0.15) is 4.32 Å². The van der Waals surface area contributed by atoms with Gasteiger partial charge in [-0.3, -0.25) is 9.69 Å². The summed E-state index contributed by atoms with van der Waals surface area (Å²) in [6.45, 7) is 1.36. The number of carboxylic acid groups (broad SMARTS) is 1. The predicted molar refractivity (Wildman–Crippen MR) is 85.1 cm³/mol. The van der Waals surface area contributed by atoms with Crippen LogP contribution in [0.15, 0.2) is 46.9 Å². The van der Waals surface area contributed by atoms with E-state index >= 15 is 0 Å². The SMILES string of the molecule is CC(=Cc1ccccc1)C=C1SC(=S)N(CC(=O)[O-])C1=O. The van der Waals surface area contributed by atoms with Crippen LogP contribution in [0, 0.1) is 0 Å². The first-order chi connectivity index (χ1) is 9.97. The minimum absolute atomic E-state index is 0.239. The molecule has 0 N–H and O–H groups in total. The molecule has 0 spiro atoms. The van der Waals surface area contributed by atoms with Crippen LogP contribution in [0.5, 0.6) is 0 Å². The number of aliphatic carboxylic acids is 1. The third-order valence-corrected chi connectivity index (χ3v) is 4.09. The second-order valence-corrected chi connectivity index (χ2v) is 6.11. The van der Waals surface area contributed by atoms with Gasteiger partial charge in [0.05, 0.1) is 17.4 Å². The molecule has 108 valence electrons. The van der Waals surface area contributed by atoms with E-state index in [2.05, 4.69) is 0 Å². The van der Waals surface area contributed by atoms with E-state index < -0.39 is 18.4 Å². The van der Waals surface area contributed by atoms with Crippen molar-refractivity contribution in [2.24, 2.45) is 0 Å². The summed E-state index contributed by atoms with van der Waals surface area (Å²) < 4.78 is 0.239. The highest BCUT2D eigenvalue weighted by Crippen LogP contribution is 2.31. The highest BCUT2D eigenvalue weighted by Gasteiger charge is 2.31. The summed E-state index contributed by atoms with van der Waals surface area (Å²) in [6.07, 6.45) is 3.65. The topological polar surface area (TPSA) is 60.4 Å². The van der Waals surface area contributed by atoms with Gasteiger partial charge in [-0.25, -0.2) is 0 Å². The number of thiocarbonyl (C=S) groups is 1. The standard InChI is InChI=1S/C15H13NO3S2/c1-10(7-11-5-3-2-4-6-11)8-12-14(19)16(9-13(17)18)15(20)21-12/h2-8H,9H2,1H3,(H,17,18)/p-1. The first kappa shape index (κ1) is 15.5. The number of hydrogen-bond acceptors (Lipinski definition) is 5. The fraction of sp³-hybridized carbons (Fsp3) is 0.133. The zero-order valence-electron chi connectivity index (χ0n) is 11.2. The van der Waals surface area contributed by atoms with Crippen LogP contribution in [0.2, 0.25) is 0 Å². The Morgan fingerprint density at radius 2 is 2.05 bits per heavy atom. The van der Waals surface area contributed by atoms with Crippen LogP contribution in [-0.2, 0) is 9.59 Å². The summed E-state index contributed by atoms with van der Waals surface area (Å²) in [4.78, 5) is 24.1. The zero-order valence-corrected chi connectivity index (χ0v) is 12.9. The van der Waals surface area contributed by atoms with Crippen LogP contribution in [0.4, 0.5) is 0 Å². The van der Waals surface area contributed by atoms with Gasteiger partial charge in [0, 0.05) is 0 Å². The number of rotatable bonds is 4. The molecule has 1 amide bonds. The molecule has 1 saturated heterocycles. The van der Waals surface area contributed by atoms with Crippen LogP contribution < -0.4 is 5.11 Å². The van der Waals surface area contributed by atoms with Gasteiger partial charge in [-0.2, -0.15) is 0 Å². The molecule has 0 saturated carbocycles. The van der Waals surface area contributed by atoms with Gasteiger partial charge in [0.15, 0.2) is 0 Å². The second kappa shape index (κ2) is 6.69. The molecule has 6 heteroatoms. The van der Waals surface area contributed by atoms with Gasteiger partial charge in [0.25, 0.3) is 5.91 Å². The molecule has 1 aromatic rings. The third kappa shape index (κ3) is 4.03. The molecule has 21 heavy (non-hydrogen) atoms. The predicted octanol–water partition coefficient (Wildman–Crippen LogP) is 1.58. The van der Waals surface area contributed by atoms with Crippen LogP contribution in [0.1, 0.15) is 12.5 Å². The van der Waals surface area contributed by atoms with Gasteiger partial charge in [-0.15, -0.1) is 0 Å². The Hall–Kier alpha value is -1.92. The van der Waals surface area contributed by atoms with Crippen molar-refractivity contribution in [2.75, 3.05) is 6.54 Å². The van der Waals surface area contributed by atoms with E-state index in [9.17, 15) is 14.7 Å². The number of carboxylic acids is 1. The quantitative estimate of drug-likeness (QED) is 0.623. The maximum absolute atomic E-state index is 12.1. The lowest BCUT2D eigenvalue weighted by molar-refractivity contribution is -0.305. The molecule has 4 nitrogen and oxygen atoms in total. The molecule has 0 atom stereocenters. The van der Waals surface area contributed by atoms with Crippen LogP contribution in [-0.4, -0.2) is 27.6 Å². The van der Waals surface area contributed by atoms with E-state index in [1.165, 1.54) is 0 Å². The molecule has 0 aliphatic carbocycles. The summed E-state index contributed by atoms with van der Waals surface area (Å²) in [5.41, 5.74) is 1.91. The average molecular weight is 318 g/mol. The number of benzene rings is 1. The van der Waals surface area contributed by atoms with Gasteiger partial charge in [0.2, 0.25) is 0 Å². The first-order valence-electron chi connectivity index (χ1n) is 6.16. The lowest BCUT2D eigenvalue weighted by Gasteiger charge is -2.14. The van der Waals surface area contributed by atoms with Gasteiger partial charge < -0.3 is 9.90 Å². The maximum atomic E-state index is 12.1. The van der Waals surface area contributed by atoms with Crippen molar-refractivity contribution in [3.63, 3.8) is 0 Å². The van der Waals surface area contributed by atoms with E-state index in [4.69, 9.17) is 12.2 Å². The monoisotopic (exact) mass is 318 g/mol. The number of thioether (sulfide) groups is 1. The van der Waals surface area contributed by atoms with Gasteiger partial charge in [-0.1, -0.05) is 60.4 Å². The summed E-state index contributed by atoms with van der Waals surface area (Å²) >= 11 is 6.11. The first-order valence-corrected chi connectivity index (χ1v) is 7.38. The minimum Gasteiger partial charge on any atom is -0.548 e. The molecule has 1 aliphatic heterocycles. The molecule has 1 aliphatic rings. The van der Waals surface area contributed by atoms with Gasteiger partial charge in [-0.05, 0) is 24.1 Å². The van der Waals surface area contributed by atoms with E-state index in [0.29, 0.717) is 4.91 Å². The van der Waals surface area contributed by atoms with Crippen molar-refractivity contribution in [3.05, 3.63) is 52.4 Å². The summed E-state index contributed by atoms with van der Waals surface area (Å²) in [6, 6.07) is 9.70. The summed E-state index contributed by atoms with van der Waals surface area (Å²) in [5, 5.41) is 10.6. The number of allylic oxidation sites excluding steroid dienone is 2. The Morgan fingerprint density at radius 1 is 1.38 bits per heavy atom. The lowest BCUT2D eigenvalue weighted by atomic mass is 10.1. The van der Waals surface area contributed by atoms with Crippen LogP contribution >= 0.6 is 24.0 Å². The van der Waals surface area contributed by atoms with Crippen LogP contribution in [0.25, 0.3) is 6.08 Å². The summed E-state index contributed by atoms with van der Waals surface area (Å²) in [5.74, 6) is -1.72. The fourth-order valence-electron chi connectivity index (χ4n) is 1.83. The molecule has 2 rings (SSSR count). The molecule has 0 bridgehead atoms. The van der Waals surface area contributed by atoms with E-state index in [1.807, 2.05) is 43.3 Å². The van der Waals surface area contributed by atoms with E-state index in [-0.39, 0.29) is 4.32 Å². The molecular formula is C15H12NO3S2-. The van der Waals surface area contributed by atoms with E-state index in [0.717, 1.165) is 27.8 Å². The molecule has 1 heterocycles. The van der Waals surface area contributed by atoms with Crippen molar-refractivity contribution in [1.29, 1.82) is 0 Å². The van der Waals surface area contributed by atoms with Crippen molar-refractivity contribution in [1.82, 2.24) is 4.90 Å². The van der Waals surface area contributed by atoms with Crippen molar-refractivity contribution >= 4 is 46.3 Å². The largest absolute Gasteiger partial charge is 0.548 e. The number of nitrogens with zero attached hydrogens (tertiary/aromatic N) is 1.